The van der Waals surface area contributed by atoms with Crippen molar-refractivity contribution in [1.29, 1.82) is 5.26 Å². The van der Waals surface area contributed by atoms with E-state index in [0.29, 0.717) is 6.42 Å². The van der Waals surface area contributed by atoms with Crippen LogP contribution in [0.5, 0.6) is 0 Å². The van der Waals surface area contributed by atoms with Gasteiger partial charge in [-0.2, -0.15) is 5.26 Å². The van der Waals surface area contributed by atoms with Crippen LogP contribution in [0.1, 0.15) is 44.9 Å². The quantitative estimate of drug-likeness (QED) is 0.637. The third kappa shape index (κ3) is 4.90. The second kappa shape index (κ2) is 6.91. The van der Waals surface area contributed by atoms with Crippen LogP contribution in [-0.4, -0.2) is 13.1 Å². The molecule has 1 N–H and O–H groups in total. The summed E-state index contributed by atoms with van der Waals surface area (Å²) in [5, 5.41) is 11.8. The Morgan fingerprint density at radius 3 is 2.69 bits per heavy atom. The summed E-state index contributed by atoms with van der Waals surface area (Å²) in [5.74, 6) is 0.941. The largest absolute Gasteiger partial charge is 0.316 e. The molecule has 0 spiro atoms. The first kappa shape index (κ1) is 10.5. The fourth-order valence-corrected chi connectivity index (χ4v) is 1.97. The van der Waals surface area contributed by atoms with Crippen molar-refractivity contribution in [2.75, 3.05) is 13.1 Å². The Balaban J connectivity index is 1.81. The zero-order valence-corrected chi connectivity index (χ0v) is 8.39. The Hall–Kier alpha value is -0.550. The van der Waals surface area contributed by atoms with Crippen molar-refractivity contribution in [3.8, 4) is 6.07 Å². The van der Waals surface area contributed by atoms with E-state index in [1.54, 1.807) is 0 Å². The minimum Gasteiger partial charge on any atom is -0.316 e. The minimum absolute atomic E-state index is 0.713. The van der Waals surface area contributed by atoms with Crippen LogP contribution >= 0.6 is 0 Å². The molecule has 2 heteroatoms. The second-order valence-electron chi connectivity index (χ2n) is 3.97. The summed E-state index contributed by atoms with van der Waals surface area (Å²) in [6, 6.07) is 2.17. The zero-order chi connectivity index (χ0) is 9.36. The summed E-state index contributed by atoms with van der Waals surface area (Å²) in [4.78, 5) is 0. The highest BCUT2D eigenvalue weighted by Gasteiger charge is 2.13. The molecule has 2 nitrogen and oxygen atoms in total. The van der Waals surface area contributed by atoms with Gasteiger partial charge in [-0.3, -0.25) is 0 Å². The molecular weight excluding hydrogens is 160 g/mol. The molecule has 0 saturated heterocycles. The highest BCUT2D eigenvalue weighted by atomic mass is 14.9. The van der Waals surface area contributed by atoms with E-state index in [2.05, 4.69) is 11.4 Å². The number of nitriles is 1. The lowest BCUT2D eigenvalue weighted by Gasteiger charge is -2.09. The fourth-order valence-electron chi connectivity index (χ4n) is 1.97. The van der Waals surface area contributed by atoms with E-state index < -0.39 is 0 Å². The molecule has 0 radical (unpaired) electrons. The van der Waals surface area contributed by atoms with Crippen LogP contribution in [0, 0.1) is 17.2 Å². The molecule has 1 fully saturated rings. The number of unbranched alkanes of at least 4 members (excludes halogenated alkanes) is 2. The molecule has 1 aliphatic carbocycles. The summed E-state index contributed by atoms with van der Waals surface area (Å²) >= 11 is 0. The number of hydrogen-bond acceptors (Lipinski definition) is 2. The van der Waals surface area contributed by atoms with E-state index in [9.17, 15) is 0 Å². The summed E-state index contributed by atoms with van der Waals surface area (Å²) in [7, 11) is 0. The van der Waals surface area contributed by atoms with Gasteiger partial charge in [-0.05, 0) is 44.7 Å². The predicted octanol–water partition coefficient (Wildman–Crippen LogP) is 2.46. The van der Waals surface area contributed by atoms with Gasteiger partial charge in [0.2, 0.25) is 0 Å². The maximum Gasteiger partial charge on any atom is 0.0621 e. The molecule has 0 aromatic rings. The molecule has 0 aromatic heterocycles. The third-order valence-electron chi connectivity index (χ3n) is 2.80. The van der Waals surface area contributed by atoms with E-state index in [4.69, 9.17) is 5.26 Å². The Morgan fingerprint density at radius 1 is 1.23 bits per heavy atom. The highest BCUT2D eigenvalue weighted by Crippen LogP contribution is 2.23. The normalized spacial score (nSPS) is 17.5. The Labute approximate surface area is 81.3 Å². The fraction of sp³-hybridized carbons (Fsp3) is 0.909. The van der Waals surface area contributed by atoms with Gasteiger partial charge in [0.25, 0.3) is 0 Å². The highest BCUT2D eigenvalue weighted by molar-refractivity contribution is 4.70. The van der Waals surface area contributed by atoms with Crippen LogP contribution in [0.25, 0.3) is 0 Å². The molecule has 0 unspecified atom stereocenters. The monoisotopic (exact) mass is 180 g/mol. The van der Waals surface area contributed by atoms with Crippen molar-refractivity contribution < 1.29 is 0 Å². The van der Waals surface area contributed by atoms with Crippen LogP contribution in [0.3, 0.4) is 0 Å². The number of nitrogens with zero attached hydrogens (tertiary/aromatic N) is 1. The zero-order valence-electron chi connectivity index (χ0n) is 8.39. The first-order valence-electron chi connectivity index (χ1n) is 5.51. The average Bonchev–Trinajstić information content (AvgIpc) is 2.63. The Bertz CT molecular complexity index is 154. The van der Waals surface area contributed by atoms with Crippen LogP contribution in [0.2, 0.25) is 0 Å². The smallest absolute Gasteiger partial charge is 0.0621 e. The van der Waals surface area contributed by atoms with Crippen molar-refractivity contribution in [2.24, 2.45) is 5.92 Å². The molecule has 1 rings (SSSR count). The lowest BCUT2D eigenvalue weighted by Crippen LogP contribution is -2.22. The average molecular weight is 180 g/mol. The predicted molar refractivity (Wildman–Crippen MR) is 54.3 cm³/mol. The van der Waals surface area contributed by atoms with Crippen molar-refractivity contribution in [2.45, 2.75) is 44.9 Å². The van der Waals surface area contributed by atoms with Gasteiger partial charge in [0.1, 0.15) is 0 Å². The lowest BCUT2D eigenvalue weighted by molar-refractivity contribution is 0.483. The van der Waals surface area contributed by atoms with E-state index in [1.807, 2.05) is 0 Å². The van der Waals surface area contributed by atoms with Gasteiger partial charge in [0, 0.05) is 6.42 Å². The van der Waals surface area contributed by atoms with E-state index in [-0.39, 0.29) is 0 Å². The maximum atomic E-state index is 8.32. The van der Waals surface area contributed by atoms with Gasteiger partial charge in [-0.1, -0.05) is 12.8 Å². The topological polar surface area (TPSA) is 35.8 Å². The maximum absolute atomic E-state index is 8.32. The summed E-state index contributed by atoms with van der Waals surface area (Å²) < 4.78 is 0. The summed E-state index contributed by atoms with van der Waals surface area (Å²) in [6.45, 7) is 2.30. The Morgan fingerprint density at radius 2 is 2.00 bits per heavy atom. The molecule has 13 heavy (non-hydrogen) atoms. The number of rotatable bonds is 6. The molecule has 0 aromatic carbocycles. The molecule has 0 amide bonds. The van der Waals surface area contributed by atoms with Gasteiger partial charge in [-0.25, -0.2) is 0 Å². The van der Waals surface area contributed by atoms with Crippen LogP contribution in [0.15, 0.2) is 0 Å². The van der Waals surface area contributed by atoms with E-state index in [1.165, 1.54) is 32.2 Å². The third-order valence-corrected chi connectivity index (χ3v) is 2.80. The minimum atomic E-state index is 0.713. The summed E-state index contributed by atoms with van der Waals surface area (Å²) in [5.41, 5.74) is 0. The molecule has 1 aliphatic rings. The van der Waals surface area contributed by atoms with Crippen molar-refractivity contribution in [3.63, 3.8) is 0 Å². The van der Waals surface area contributed by atoms with Gasteiger partial charge in [-0.15, -0.1) is 0 Å². The van der Waals surface area contributed by atoms with Crippen molar-refractivity contribution in [3.05, 3.63) is 0 Å². The molecular formula is C11H20N2. The molecule has 1 saturated carbocycles. The SMILES string of the molecule is N#CCCCCNCC1CCCC1. The summed E-state index contributed by atoms with van der Waals surface area (Å²) in [6.07, 6.45) is 8.62. The molecule has 0 bridgehead atoms. The van der Waals surface area contributed by atoms with Gasteiger partial charge in [0.05, 0.1) is 6.07 Å². The number of hydrogen-bond donors (Lipinski definition) is 1. The number of nitrogens with one attached hydrogen (secondary N) is 1. The standard InChI is InChI=1S/C11H20N2/c12-8-4-1-5-9-13-10-11-6-2-3-7-11/h11,13H,1-7,9-10H2. The molecule has 74 valence electrons. The lowest BCUT2D eigenvalue weighted by atomic mass is 10.1. The first-order valence-corrected chi connectivity index (χ1v) is 5.51. The van der Waals surface area contributed by atoms with E-state index in [0.717, 1.165) is 25.3 Å². The van der Waals surface area contributed by atoms with E-state index >= 15 is 0 Å². The van der Waals surface area contributed by atoms with Crippen LogP contribution in [-0.2, 0) is 0 Å². The second-order valence-corrected chi connectivity index (χ2v) is 3.97. The van der Waals surface area contributed by atoms with Gasteiger partial charge < -0.3 is 5.32 Å². The van der Waals surface area contributed by atoms with Crippen LogP contribution < -0.4 is 5.32 Å². The molecule has 0 heterocycles. The van der Waals surface area contributed by atoms with Crippen LogP contribution in [0.4, 0.5) is 0 Å². The van der Waals surface area contributed by atoms with Crippen molar-refractivity contribution >= 4 is 0 Å². The van der Waals surface area contributed by atoms with Gasteiger partial charge in [0.15, 0.2) is 0 Å². The van der Waals surface area contributed by atoms with Crippen molar-refractivity contribution in [1.82, 2.24) is 5.32 Å². The van der Waals surface area contributed by atoms with Gasteiger partial charge >= 0.3 is 0 Å². The molecule has 0 atom stereocenters. The Kier molecular flexibility index (Phi) is 5.60. The molecule has 0 aliphatic heterocycles. The first-order chi connectivity index (χ1) is 6.43.